The third-order valence-electron chi connectivity index (χ3n) is 4.71. The van der Waals surface area contributed by atoms with Crippen molar-refractivity contribution >= 4 is 19.5 Å². The van der Waals surface area contributed by atoms with E-state index in [4.69, 9.17) is 23.7 Å². The highest BCUT2D eigenvalue weighted by atomic mass is 31.2. The van der Waals surface area contributed by atoms with Gasteiger partial charge < -0.3 is 38.0 Å². The van der Waals surface area contributed by atoms with E-state index in [0.717, 1.165) is 0 Å². The summed E-state index contributed by atoms with van der Waals surface area (Å²) < 4.78 is 38.0. The fourth-order valence-corrected chi connectivity index (χ4v) is 3.96. The number of benzene rings is 2. The minimum Gasteiger partial charge on any atom is -0.810 e. The maximum atomic E-state index is 13.1. The summed E-state index contributed by atoms with van der Waals surface area (Å²) in [5.41, 5.74) is 1.28. The minimum atomic E-state index is -4.82. The maximum Gasteiger partial charge on any atom is 0.203 e. The number of methoxy groups -OCH3 is 4. The number of ether oxygens (including phenoxy) is 5. The molecular weight excluding hydrogens is 427 g/mol. The topological polar surface area (TPSA) is 126 Å². The van der Waals surface area contributed by atoms with Gasteiger partial charge in [0.2, 0.25) is 5.75 Å². The molecule has 10 heteroatoms. The molecular formula is C21H21O9P-2. The summed E-state index contributed by atoms with van der Waals surface area (Å²) in [4.78, 5) is 35.6. The second-order valence-electron chi connectivity index (χ2n) is 6.67. The molecule has 0 radical (unpaired) electrons. The van der Waals surface area contributed by atoms with Crippen molar-refractivity contribution in [2.75, 3.05) is 35.0 Å². The van der Waals surface area contributed by atoms with Crippen molar-refractivity contribution in [1.29, 1.82) is 0 Å². The Bertz CT molecular complexity index is 1060. The number of carbonyl (C=O) groups is 1. The van der Waals surface area contributed by atoms with E-state index >= 15 is 0 Å². The molecule has 2 aromatic rings. The summed E-state index contributed by atoms with van der Waals surface area (Å²) in [6.45, 7) is -0.00734. The number of hydrogen-bond acceptors (Lipinski definition) is 9. The monoisotopic (exact) mass is 448 g/mol. The van der Waals surface area contributed by atoms with E-state index in [1.165, 1.54) is 52.7 Å². The first kappa shape index (κ1) is 22.7. The molecule has 1 heterocycles. The quantitative estimate of drug-likeness (QED) is 0.439. The zero-order valence-electron chi connectivity index (χ0n) is 17.4. The zero-order chi connectivity index (χ0) is 22.8. The van der Waals surface area contributed by atoms with E-state index in [0.29, 0.717) is 39.7 Å². The Balaban J connectivity index is 2.02. The van der Waals surface area contributed by atoms with Crippen LogP contribution in [0.5, 0.6) is 28.7 Å². The fourth-order valence-electron chi connectivity index (χ4n) is 3.30. The first-order valence-electron chi connectivity index (χ1n) is 9.10. The summed E-state index contributed by atoms with van der Waals surface area (Å²) in [7, 11) is 0.906. The van der Waals surface area contributed by atoms with Gasteiger partial charge in [0.05, 0.1) is 28.4 Å². The van der Waals surface area contributed by atoms with Gasteiger partial charge >= 0.3 is 0 Å². The Kier molecular flexibility index (Phi) is 6.59. The Labute approximate surface area is 179 Å². The predicted molar refractivity (Wildman–Crippen MR) is 108 cm³/mol. The largest absolute Gasteiger partial charge is 0.810 e. The number of hydrogen-bond donors (Lipinski definition) is 0. The van der Waals surface area contributed by atoms with E-state index in [9.17, 15) is 19.1 Å². The van der Waals surface area contributed by atoms with Gasteiger partial charge in [0, 0.05) is 28.9 Å². The van der Waals surface area contributed by atoms with Gasteiger partial charge in [-0.15, -0.1) is 0 Å². The van der Waals surface area contributed by atoms with Gasteiger partial charge in [-0.05, 0) is 29.8 Å². The van der Waals surface area contributed by atoms with Crippen molar-refractivity contribution in [3.8, 4) is 28.7 Å². The van der Waals surface area contributed by atoms with Gasteiger partial charge in [-0.25, -0.2) is 0 Å². The molecule has 0 amide bonds. The lowest BCUT2D eigenvalue weighted by Crippen LogP contribution is -2.17. The molecule has 0 spiro atoms. The first-order chi connectivity index (χ1) is 14.7. The Hall–Kier alpha value is -3.00. The predicted octanol–water partition coefficient (Wildman–Crippen LogP) is 1.79. The normalized spacial score (nSPS) is 12.9. The SMILES string of the molecule is COc1cc2c(cc1CP(=O)([O-])[O-])C=C(C(=O)c1cc(OC)c(OC)c(OC)c1)CO2. The van der Waals surface area contributed by atoms with Crippen molar-refractivity contribution < 1.29 is 42.8 Å². The van der Waals surface area contributed by atoms with Crippen molar-refractivity contribution in [3.63, 3.8) is 0 Å². The third-order valence-corrected chi connectivity index (χ3v) is 5.44. The van der Waals surface area contributed by atoms with Crippen LogP contribution < -0.4 is 33.5 Å². The van der Waals surface area contributed by atoms with Crippen LogP contribution >= 0.6 is 7.60 Å². The molecule has 0 aromatic heterocycles. The fraction of sp³-hybridized carbons (Fsp3) is 0.286. The third kappa shape index (κ3) is 4.85. The standard InChI is InChI=1S/C21H23O9P/c1-26-16-9-17-12(6-15(16)11-31(23,24)25)5-14(10-30-17)20(22)13-7-18(27-2)21(29-4)19(8-13)28-3/h5-9H,10-11H2,1-4H3,(H2,23,24,25)/p-2. The Morgan fingerprint density at radius 2 is 1.58 bits per heavy atom. The summed E-state index contributed by atoms with van der Waals surface area (Å²) in [5.74, 6) is 1.32. The van der Waals surface area contributed by atoms with Crippen LogP contribution in [0.2, 0.25) is 0 Å². The Morgan fingerprint density at radius 3 is 2.10 bits per heavy atom. The average molecular weight is 448 g/mol. The molecule has 166 valence electrons. The molecule has 0 saturated heterocycles. The number of Topliss-reactive ketones (excluding diaryl/α,β-unsaturated/α-hetero) is 1. The van der Waals surface area contributed by atoms with Gasteiger partial charge in [0.1, 0.15) is 18.1 Å². The van der Waals surface area contributed by atoms with Crippen LogP contribution in [0.25, 0.3) is 6.08 Å². The van der Waals surface area contributed by atoms with Gasteiger partial charge in [-0.2, -0.15) is 0 Å². The highest BCUT2D eigenvalue weighted by Gasteiger charge is 2.23. The molecule has 1 aliphatic heterocycles. The van der Waals surface area contributed by atoms with Crippen molar-refractivity contribution in [2.45, 2.75) is 6.16 Å². The Morgan fingerprint density at radius 1 is 0.968 bits per heavy atom. The van der Waals surface area contributed by atoms with E-state index in [1.54, 1.807) is 6.08 Å². The van der Waals surface area contributed by atoms with Gasteiger partial charge in [0.15, 0.2) is 17.3 Å². The van der Waals surface area contributed by atoms with Gasteiger partial charge in [0.25, 0.3) is 0 Å². The lowest BCUT2D eigenvalue weighted by atomic mass is 9.97. The van der Waals surface area contributed by atoms with Crippen LogP contribution in [-0.2, 0) is 10.7 Å². The molecule has 0 N–H and O–H groups in total. The van der Waals surface area contributed by atoms with Crippen LogP contribution in [0.15, 0.2) is 29.8 Å². The second-order valence-corrected chi connectivity index (χ2v) is 8.21. The second kappa shape index (κ2) is 9.01. The van der Waals surface area contributed by atoms with Gasteiger partial charge in [-0.3, -0.25) is 4.79 Å². The lowest BCUT2D eigenvalue weighted by Gasteiger charge is -2.30. The molecule has 0 atom stereocenters. The van der Waals surface area contributed by atoms with Crippen LogP contribution in [-0.4, -0.2) is 40.8 Å². The first-order valence-corrected chi connectivity index (χ1v) is 10.8. The minimum absolute atomic E-state index is 0.00734. The molecule has 9 nitrogen and oxygen atoms in total. The molecule has 0 fully saturated rings. The number of ketones is 1. The smallest absolute Gasteiger partial charge is 0.203 e. The number of carbonyl (C=O) groups excluding carboxylic acids is 1. The lowest BCUT2D eigenvalue weighted by molar-refractivity contribution is -0.314. The van der Waals surface area contributed by atoms with E-state index in [1.807, 2.05) is 0 Å². The summed E-state index contributed by atoms with van der Waals surface area (Å²) >= 11 is 0. The van der Waals surface area contributed by atoms with Gasteiger partial charge in [-0.1, -0.05) is 7.60 Å². The molecule has 0 unspecified atom stereocenters. The number of rotatable bonds is 8. The molecule has 2 aromatic carbocycles. The zero-order valence-corrected chi connectivity index (χ0v) is 18.3. The van der Waals surface area contributed by atoms with Crippen molar-refractivity contribution in [3.05, 3.63) is 46.5 Å². The highest BCUT2D eigenvalue weighted by Crippen LogP contribution is 2.41. The van der Waals surface area contributed by atoms with Crippen LogP contribution in [0.4, 0.5) is 0 Å². The molecule has 0 bridgehead atoms. The number of fused-ring (bicyclic) bond motifs is 1. The van der Waals surface area contributed by atoms with Crippen molar-refractivity contribution in [2.24, 2.45) is 0 Å². The molecule has 1 aliphatic rings. The van der Waals surface area contributed by atoms with Crippen LogP contribution in [0.3, 0.4) is 0 Å². The van der Waals surface area contributed by atoms with Crippen molar-refractivity contribution in [1.82, 2.24) is 0 Å². The van der Waals surface area contributed by atoms with E-state index in [-0.39, 0.29) is 23.7 Å². The van der Waals surface area contributed by atoms with Crippen LogP contribution in [0.1, 0.15) is 21.5 Å². The molecule has 3 rings (SSSR count). The molecule has 31 heavy (non-hydrogen) atoms. The average Bonchev–Trinajstić information content (AvgIpc) is 2.75. The summed E-state index contributed by atoms with van der Waals surface area (Å²) in [6, 6.07) is 6.03. The maximum absolute atomic E-state index is 13.1. The van der Waals surface area contributed by atoms with E-state index in [2.05, 4.69) is 0 Å². The molecule has 0 aliphatic carbocycles. The summed E-state index contributed by atoms with van der Waals surface area (Å²) in [6.07, 6.45) is 0.876. The summed E-state index contributed by atoms with van der Waals surface area (Å²) in [5, 5.41) is 0. The van der Waals surface area contributed by atoms with Crippen LogP contribution in [0, 0.1) is 0 Å². The molecule has 0 saturated carbocycles. The van der Waals surface area contributed by atoms with E-state index < -0.39 is 13.8 Å². The highest BCUT2D eigenvalue weighted by molar-refractivity contribution is 7.47.